The third kappa shape index (κ3) is 4.55. The largest absolute Gasteiger partial charge is 0.371 e. The van der Waals surface area contributed by atoms with E-state index in [2.05, 4.69) is 20.4 Å². The van der Waals surface area contributed by atoms with Crippen LogP contribution in [-0.4, -0.2) is 54.7 Å². The van der Waals surface area contributed by atoms with E-state index in [0.717, 1.165) is 10.9 Å². The lowest BCUT2D eigenvalue weighted by Crippen LogP contribution is -2.33. The van der Waals surface area contributed by atoms with Crippen LogP contribution in [0, 0.1) is 0 Å². The summed E-state index contributed by atoms with van der Waals surface area (Å²) < 4.78 is 22.8. The van der Waals surface area contributed by atoms with Crippen molar-refractivity contribution < 1.29 is 33.8 Å². The summed E-state index contributed by atoms with van der Waals surface area (Å²) in [6.07, 6.45) is 6.74. The first-order valence-electron chi connectivity index (χ1n) is 5.18. The molecule has 0 aliphatic rings. The van der Waals surface area contributed by atoms with Crippen molar-refractivity contribution in [2.45, 2.75) is 11.6 Å². The second-order valence-corrected chi connectivity index (χ2v) is 7.77. The minimum atomic E-state index is -5.41. The van der Waals surface area contributed by atoms with Crippen LogP contribution in [0.15, 0.2) is 31.1 Å². The molecule has 0 saturated heterocycles. The predicted molar refractivity (Wildman–Crippen MR) is 67.6 cm³/mol. The van der Waals surface area contributed by atoms with Gasteiger partial charge in [-0.15, -0.1) is 5.10 Å². The Morgan fingerprint density at radius 3 is 2.05 bits per heavy atom. The lowest BCUT2D eigenvalue weighted by Gasteiger charge is -2.29. The number of hydrogen-bond donors (Lipinski definition) is 6. The first-order valence-corrected chi connectivity index (χ1v) is 8.40. The smallest absolute Gasteiger partial charge is 0.366 e. The quantitative estimate of drug-likeness (QED) is 0.363. The monoisotopic (exact) mass is 341 g/mol. The van der Waals surface area contributed by atoms with Crippen molar-refractivity contribution in [1.29, 1.82) is 0 Å². The summed E-state index contributed by atoms with van der Waals surface area (Å²) in [6, 6.07) is 0. The molecule has 0 aromatic carbocycles. The van der Waals surface area contributed by atoms with E-state index >= 15 is 0 Å². The average molecular weight is 341 g/mol. The molecule has 0 saturated carbocycles. The lowest BCUT2D eigenvalue weighted by atomic mass is 10.6. The van der Waals surface area contributed by atoms with E-state index in [-0.39, 0.29) is 0 Å². The van der Waals surface area contributed by atoms with Crippen LogP contribution in [-0.2, 0) is 15.7 Å². The number of nitrogens with one attached hydrogen (secondary N) is 1. The van der Waals surface area contributed by atoms with Crippen LogP contribution in [0.4, 0.5) is 0 Å². The summed E-state index contributed by atoms with van der Waals surface area (Å²) in [5.74, 6) is 0. The number of hydrogen-bond acceptors (Lipinski definition) is 6. The second kappa shape index (κ2) is 6.58. The SMILES string of the molecule is O=P(O)(O)C(O)(Cn1ccnc1)P(=O)(O)O.c1c[nH]nn1. The van der Waals surface area contributed by atoms with Crippen LogP contribution >= 0.6 is 15.2 Å². The summed E-state index contributed by atoms with van der Waals surface area (Å²) >= 11 is 0. The molecule has 0 amide bonds. The molecule has 2 aromatic rings. The maximum absolute atomic E-state index is 10.9. The van der Waals surface area contributed by atoms with Crippen molar-refractivity contribution >= 4 is 15.2 Å². The fourth-order valence-corrected chi connectivity index (χ4v) is 3.20. The third-order valence-corrected chi connectivity index (χ3v) is 5.93. The summed E-state index contributed by atoms with van der Waals surface area (Å²) in [5, 5.41) is 15.3. The van der Waals surface area contributed by atoms with Gasteiger partial charge in [-0.25, -0.2) is 4.98 Å². The van der Waals surface area contributed by atoms with Crippen LogP contribution in [0.25, 0.3) is 0 Å². The highest BCUT2D eigenvalue weighted by Crippen LogP contribution is 2.67. The molecule has 6 N–H and O–H groups in total. The number of aromatic amines is 1. The lowest BCUT2D eigenvalue weighted by molar-refractivity contribution is 0.115. The van der Waals surface area contributed by atoms with Gasteiger partial charge in [-0.3, -0.25) is 14.2 Å². The standard InChI is InChI=1S/C5H10N2O7P2.C2H3N3/c8-5(15(9,10)11,16(12,13)14)3-7-2-1-6-4-7;1-2-4-5-3-1/h1-2,4,8H,3H2,(H2,9,10,11)(H2,12,13,14);1-2H,(H,3,4,5). The molecule has 2 heterocycles. The fourth-order valence-electron chi connectivity index (χ4n) is 1.15. The molecular formula is C7H13N5O7P2. The van der Waals surface area contributed by atoms with E-state index in [4.69, 9.17) is 19.6 Å². The van der Waals surface area contributed by atoms with E-state index < -0.39 is 26.8 Å². The molecule has 0 bridgehead atoms. The van der Waals surface area contributed by atoms with Crippen molar-refractivity contribution in [1.82, 2.24) is 25.0 Å². The molecule has 0 aliphatic heterocycles. The van der Waals surface area contributed by atoms with Crippen molar-refractivity contribution in [2.24, 2.45) is 0 Å². The molecule has 0 radical (unpaired) electrons. The minimum absolute atomic E-state index is 0.957. The summed E-state index contributed by atoms with van der Waals surface area (Å²) in [5.41, 5.74) is 0. The number of imidazole rings is 1. The van der Waals surface area contributed by atoms with Gasteiger partial charge in [0.25, 0.3) is 5.08 Å². The van der Waals surface area contributed by atoms with Gasteiger partial charge >= 0.3 is 15.2 Å². The average Bonchev–Trinajstić information content (AvgIpc) is 3.01. The Balaban J connectivity index is 0.000000369. The Morgan fingerprint density at radius 1 is 1.14 bits per heavy atom. The Hall–Kier alpha value is -1.39. The first kappa shape index (κ1) is 17.7. The topological polar surface area (TPSA) is 195 Å². The van der Waals surface area contributed by atoms with Gasteiger partial charge in [0.1, 0.15) is 0 Å². The number of aromatic nitrogens is 5. The Labute approximate surface area is 117 Å². The van der Waals surface area contributed by atoms with Gasteiger partial charge in [-0.1, -0.05) is 5.21 Å². The Kier molecular flexibility index (Phi) is 5.54. The molecule has 0 atom stereocenters. The number of aliphatic hydroxyl groups is 1. The molecule has 14 heteroatoms. The maximum Gasteiger partial charge on any atom is 0.371 e. The highest BCUT2D eigenvalue weighted by molar-refractivity contribution is 7.72. The van der Waals surface area contributed by atoms with Crippen molar-refractivity contribution in [2.75, 3.05) is 0 Å². The fraction of sp³-hybridized carbons (Fsp3) is 0.286. The zero-order chi connectivity index (χ0) is 16.1. The molecule has 0 fully saturated rings. The van der Waals surface area contributed by atoms with Crippen LogP contribution in [0.2, 0.25) is 0 Å². The minimum Gasteiger partial charge on any atom is -0.366 e. The van der Waals surface area contributed by atoms with E-state index in [1.165, 1.54) is 12.4 Å². The maximum atomic E-state index is 10.9. The summed E-state index contributed by atoms with van der Waals surface area (Å²) in [4.78, 5) is 38.7. The van der Waals surface area contributed by atoms with Crippen molar-refractivity contribution in [3.8, 4) is 0 Å². The predicted octanol–water partition coefficient (Wildman–Crippen LogP) is -1.31. The molecule has 118 valence electrons. The van der Waals surface area contributed by atoms with Gasteiger partial charge in [0, 0.05) is 18.6 Å². The van der Waals surface area contributed by atoms with Gasteiger partial charge in [0.05, 0.1) is 19.1 Å². The molecule has 0 spiro atoms. The molecule has 2 rings (SSSR count). The molecule has 21 heavy (non-hydrogen) atoms. The van der Waals surface area contributed by atoms with Crippen molar-refractivity contribution in [3.05, 3.63) is 31.1 Å². The second-order valence-electron chi connectivity index (χ2n) is 3.76. The molecule has 2 aromatic heterocycles. The highest BCUT2D eigenvalue weighted by atomic mass is 31.2. The number of rotatable bonds is 4. The van der Waals surface area contributed by atoms with Gasteiger partial charge in [0.2, 0.25) is 0 Å². The number of H-pyrrole nitrogens is 1. The van der Waals surface area contributed by atoms with Crippen LogP contribution in [0.1, 0.15) is 0 Å². The van der Waals surface area contributed by atoms with Gasteiger partial charge in [-0.05, 0) is 0 Å². The third-order valence-electron chi connectivity index (χ3n) is 2.22. The normalized spacial score (nSPS) is 12.6. The molecule has 0 unspecified atom stereocenters. The zero-order valence-electron chi connectivity index (χ0n) is 10.3. The van der Waals surface area contributed by atoms with E-state index in [0.29, 0.717) is 0 Å². The number of nitrogens with zero attached hydrogens (tertiary/aromatic N) is 4. The Bertz CT molecular complexity index is 579. The highest BCUT2D eigenvalue weighted by Gasteiger charge is 2.59. The zero-order valence-corrected chi connectivity index (χ0v) is 12.1. The Morgan fingerprint density at radius 2 is 1.76 bits per heavy atom. The van der Waals surface area contributed by atoms with Crippen LogP contribution in [0.5, 0.6) is 0 Å². The molecular weight excluding hydrogens is 328 g/mol. The summed E-state index contributed by atoms with van der Waals surface area (Å²) in [6.45, 7) is -0.957. The molecule has 0 aliphatic carbocycles. The van der Waals surface area contributed by atoms with Crippen LogP contribution < -0.4 is 0 Å². The van der Waals surface area contributed by atoms with Gasteiger partial charge in [0.15, 0.2) is 0 Å². The molecule has 12 nitrogen and oxygen atoms in total. The van der Waals surface area contributed by atoms with Crippen molar-refractivity contribution in [3.63, 3.8) is 0 Å². The van der Waals surface area contributed by atoms with Crippen LogP contribution in [0.3, 0.4) is 0 Å². The first-order chi connectivity index (χ1) is 9.58. The van der Waals surface area contributed by atoms with E-state index in [1.807, 2.05) is 0 Å². The van der Waals surface area contributed by atoms with Gasteiger partial charge in [-0.2, -0.15) is 0 Å². The van der Waals surface area contributed by atoms with Gasteiger partial charge < -0.3 is 29.2 Å². The summed E-state index contributed by atoms with van der Waals surface area (Å²) in [7, 11) is -10.8. The van der Waals surface area contributed by atoms with E-state index in [9.17, 15) is 14.2 Å². The van der Waals surface area contributed by atoms with E-state index in [1.54, 1.807) is 12.4 Å².